The van der Waals surface area contributed by atoms with Crippen molar-refractivity contribution in [2.45, 2.75) is 0 Å². The summed E-state index contributed by atoms with van der Waals surface area (Å²) in [5.74, 6) is 0. The third-order valence-corrected chi connectivity index (χ3v) is 2.77. The maximum atomic E-state index is 8.93. The fourth-order valence-corrected chi connectivity index (χ4v) is 2.31. The van der Waals surface area contributed by atoms with Crippen LogP contribution in [0.3, 0.4) is 0 Å². The topological polar surface area (TPSA) is 33.1 Å². The van der Waals surface area contributed by atoms with Crippen molar-refractivity contribution in [3.8, 4) is 5.06 Å². The highest BCUT2D eigenvalue weighted by molar-refractivity contribution is 7.27. The largest absolute Gasteiger partial charge is 0.499 e. The van der Waals surface area contributed by atoms with E-state index >= 15 is 0 Å². The number of fused-ring (bicyclic) bond motifs is 1. The molecule has 0 aliphatic rings. The van der Waals surface area contributed by atoms with E-state index in [4.69, 9.17) is 5.11 Å². The van der Waals surface area contributed by atoms with Crippen LogP contribution >= 0.6 is 22.7 Å². The average molecular weight is 157 g/mol. The van der Waals surface area contributed by atoms with Gasteiger partial charge in [0.25, 0.3) is 0 Å². The Morgan fingerprint density at radius 1 is 1.56 bits per heavy atom. The minimum absolute atomic E-state index is 0.351. The lowest BCUT2D eigenvalue weighted by atomic mass is 10.6. The first-order valence-electron chi connectivity index (χ1n) is 2.38. The Morgan fingerprint density at radius 2 is 2.44 bits per heavy atom. The van der Waals surface area contributed by atoms with E-state index in [1.54, 1.807) is 22.9 Å². The summed E-state index contributed by atoms with van der Waals surface area (Å²) in [6.45, 7) is 0. The third-order valence-electron chi connectivity index (χ3n) is 1.02. The number of thiophene rings is 1. The molecule has 0 atom stereocenters. The van der Waals surface area contributed by atoms with Crippen molar-refractivity contribution in [2.24, 2.45) is 0 Å². The van der Waals surface area contributed by atoms with E-state index in [-0.39, 0.29) is 0 Å². The molecule has 2 aromatic heterocycles. The molecule has 1 N–H and O–H groups in total. The highest BCUT2D eigenvalue weighted by Crippen LogP contribution is 2.31. The van der Waals surface area contributed by atoms with Gasteiger partial charge in [-0.05, 0) is 0 Å². The Bertz CT molecular complexity index is 296. The molecule has 0 fully saturated rings. The van der Waals surface area contributed by atoms with E-state index in [2.05, 4.69) is 4.98 Å². The summed E-state index contributed by atoms with van der Waals surface area (Å²) in [5, 5.41) is 9.28. The summed E-state index contributed by atoms with van der Waals surface area (Å²) in [6, 6.07) is 1.73. The van der Waals surface area contributed by atoms with Gasteiger partial charge in [0.15, 0.2) is 5.06 Å². The molecule has 0 aliphatic carbocycles. The van der Waals surface area contributed by atoms with Crippen LogP contribution in [0.2, 0.25) is 0 Å². The molecule has 0 aromatic carbocycles. The van der Waals surface area contributed by atoms with Gasteiger partial charge in [-0.15, -0.1) is 11.3 Å². The van der Waals surface area contributed by atoms with Crippen LogP contribution < -0.4 is 0 Å². The van der Waals surface area contributed by atoms with Crippen LogP contribution in [0, 0.1) is 0 Å². The molecule has 0 amide bonds. The summed E-state index contributed by atoms with van der Waals surface area (Å²) >= 11 is 2.86. The second-order valence-corrected chi connectivity index (χ2v) is 3.50. The molecular weight excluding hydrogens is 154 g/mol. The molecule has 46 valence electrons. The number of nitrogens with zero attached hydrogens (tertiary/aromatic N) is 1. The zero-order chi connectivity index (χ0) is 6.27. The van der Waals surface area contributed by atoms with E-state index in [0.29, 0.717) is 5.06 Å². The minimum atomic E-state index is 0.351. The zero-order valence-electron chi connectivity index (χ0n) is 4.37. The summed E-state index contributed by atoms with van der Waals surface area (Å²) in [5.41, 5.74) is 1.78. The van der Waals surface area contributed by atoms with Gasteiger partial charge in [-0.2, -0.15) is 0 Å². The lowest BCUT2D eigenvalue weighted by molar-refractivity contribution is 0.491. The standard InChI is InChI=1S/C5H3NOS2/c7-4-1-3-5(9-4)6-2-8-3/h1-2,7H. The maximum Gasteiger partial charge on any atom is 0.174 e. The molecule has 0 unspecified atom stereocenters. The van der Waals surface area contributed by atoms with Crippen LogP contribution in [0.4, 0.5) is 0 Å². The monoisotopic (exact) mass is 157 g/mol. The number of aromatic nitrogens is 1. The van der Waals surface area contributed by atoms with Gasteiger partial charge >= 0.3 is 0 Å². The predicted octanol–water partition coefficient (Wildman–Crippen LogP) is 2.06. The molecule has 4 heteroatoms. The predicted molar refractivity (Wildman–Crippen MR) is 39.2 cm³/mol. The van der Waals surface area contributed by atoms with Crippen molar-refractivity contribution >= 4 is 32.2 Å². The van der Waals surface area contributed by atoms with Crippen LogP contribution in [0.5, 0.6) is 5.06 Å². The van der Waals surface area contributed by atoms with E-state index in [9.17, 15) is 0 Å². The first-order valence-corrected chi connectivity index (χ1v) is 4.08. The average Bonchev–Trinajstić information content (AvgIpc) is 2.22. The van der Waals surface area contributed by atoms with Crippen molar-refractivity contribution in [3.63, 3.8) is 0 Å². The summed E-state index contributed by atoms with van der Waals surface area (Å²) < 4.78 is 1.07. The first kappa shape index (κ1) is 5.20. The molecular formula is C5H3NOS2. The zero-order valence-corrected chi connectivity index (χ0v) is 6.00. The number of aromatic hydroxyl groups is 1. The van der Waals surface area contributed by atoms with Gasteiger partial charge in [0, 0.05) is 6.07 Å². The summed E-state index contributed by atoms with van der Waals surface area (Å²) in [7, 11) is 0. The molecule has 0 spiro atoms. The lowest BCUT2D eigenvalue weighted by Crippen LogP contribution is -1.46. The van der Waals surface area contributed by atoms with E-state index in [1.807, 2.05) is 0 Å². The van der Waals surface area contributed by atoms with Crippen LogP contribution in [0.1, 0.15) is 0 Å². The second kappa shape index (κ2) is 1.68. The Balaban J connectivity index is 2.92. The summed E-state index contributed by atoms with van der Waals surface area (Å²) in [4.78, 5) is 4.94. The highest BCUT2D eigenvalue weighted by Gasteiger charge is 2.00. The molecule has 0 radical (unpaired) electrons. The quantitative estimate of drug-likeness (QED) is 0.635. The Hall–Kier alpha value is -0.610. The number of thiazole rings is 1. The highest BCUT2D eigenvalue weighted by atomic mass is 32.1. The van der Waals surface area contributed by atoms with Crippen molar-refractivity contribution in [1.82, 2.24) is 4.98 Å². The van der Waals surface area contributed by atoms with Gasteiger partial charge in [0.2, 0.25) is 0 Å². The Kier molecular flexibility index (Phi) is 0.972. The van der Waals surface area contributed by atoms with Gasteiger partial charge < -0.3 is 5.11 Å². The second-order valence-electron chi connectivity index (χ2n) is 1.61. The molecule has 9 heavy (non-hydrogen) atoms. The molecule has 2 aromatic rings. The molecule has 0 saturated heterocycles. The SMILES string of the molecule is Oc1cc2scnc2s1. The minimum Gasteiger partial charge on any atom is -0.499 e. The first-order chi connectivity index (χ1) is 4.36. The lowest BCUT2D eigenvalue weighted by Gasteiger charge is -1.70. The number of hydrogen-bond acceptors (Lipinski definition) is 4. The maximum absolute atomic E-state index is 8.93. The van der Waals surface area contributed by atoms with Gasteiger partial charge in [0.1, 0.15) is 4.83 Å². The molecule has 2 nitrogen and oxygen atoms in total. The number of hydrogen-bond donors (Lipinski definition) is 1. The van der Waals surface area contributed by atoms with Crippen LogP contribution in [-0.4, -0.2) is 10.1 Å². The van der Waals surface area contributed by atoms with E-state index in [0.717, 1.165) is 9.53 Å². The fraction of sp³-hybridized carbons (Fsp3) is 0. The van der Waals surface area contributed by atoms with Gasteiger partial charge in [-0.25, -0.2) is 4.98 Å². The van der Waals surface area contributed by atoms with Crippen LogP contribution in [-0.2, 0) is 0 Å². The van der Waals surface area contributed by atoms with Crippen molar-refractivity contribution in [1.29, 1.82) is 0 Å². The molecule has 0 saturated carbocycles. The van der Waals surface area contributed by atoms with E-state index < -0.39 is 0 Å². The molecule has 0 bridgehead atoms. The van der Waals surface area contributed by atoms with Crippen molar-refractivity contribution in [3.05, 3.63) is 11.6 Å². The van der Waals surface area contributed by atoms with Crippen LogP contribution in [0.25, 0.3) is 9.53 Å². The van der Waals surface area contributed by atoms with Gasteiger partial charge in [0.05, 0.1) is 10.2 Å². The van der Waals surface area contributed by atoms with Crippen LogP contribution in [0.15, 0.2) is 11.6 Å². The Labute approximate surface area is 59.4 Å². The van der Waals surface area contributed by atoms with Gasteiger partial charge in [-0.3, -0.25) is 0 Å². The smallest absolute Gasteiger partial charge is 0.174 e. The van der Waals surface area contributed by atoms with Crippen molar-refractivity contribution in [2.75, 3.05) is 0 Å². The summed E-state index contributed by atoms with van der Waals surface area (Å²) in [6.07, 6.45) is 0. The third kappa shape index (κ3) is 0.710. The molecule has 2 heterocycles. The molecule has 0 aliphatic heterocycles. The Morgan fingerprint density at radius 3 is 3.22 bits per heavy atom. The van der Waals surface area contributed by atoms with E-state index in [1.165, 1.54) is 11.3 Å². The van der Waals surface area contributed by atoms with Gasteiger partial charge in [-0.1, -0.05) is 11.3 Å². The van der Waals surface area contributed by atoms with Crippen molar-refractivity contribution < 1.29 is 5.11 Å². The number of rotatable bonds is 0. The normalized spacial score (nSPS) is 10.7. The fourth-order valence-electron chi connectivity index (χ4n) is 0.658. The molecule has 2 rings (SSSR count).